The molecule has 0 spiro atoms. The van der Waals surface area contributed by atoms with E-state index in [-0.39, 0.29) is 18.1 Å². The first-order valence-electron chi connectivity index (χ1n) is 12.3. The fraction of sp³-hybridized carbons (Fsp3) is 0.429. The van der Waals surface area contributed by atoms with Crippen molar-refractivity contribution in [2.45, 2.75) is 56.7 Å². The molecule has 1 saturated carbocycles. The molecule has 1 unspecified atom stereocenters. The molecule has 1 amide bonds. The van der Waals surface area contributed by atoms with Crippen molar-refractivity contribution in [3.63, 3.8) is 0 Å². The van der Waals surface area contributed by atoms with Gasteiger partial charge in [-0.25, -0.2) is 0 Å². The number of ether oxygens (including phenoxy) is 2. The minimum absolute atomic E-state index is 0.151. The molecule has 3 fully saturated rings. The van der Waals surface area contributed by atoms with E-state index in [1.165, 1.54) is 40.4 Å². The molecule has 5 heteroatoms. The fourth-order valence-electron chi connectivity index (χ4n) is 5.15. The molecule has 1 aliphatic carbocycles. The number of carbonyl (C=O) groups excluding carboxylic acids is 1. The molecule has 2 aromatic carbocycles. The van der Waals surface area contributed by atoms with E-state index >= 15 is 0 Å². The first-order chi connectivity index (χ1) is 16.2. The highest BCUT2D eigenvalue weighted by atomic mass is 16.5. The lowest BCUT2D eigenvalue weighted by atomic mass is 10.00. The number of aromatic nitrogens is 1. The minimum atomic E-state index is -0.221. The minimum Gasteiger partial charge on any atom is -0.490 e. The first kappa shape index (κ1) is 20.7. The van der Waals surface area contributed by atoms with Gasteiger partial charge in [0.1, 0.15) is 18.0 Å². The molecule has 0 radical (unpaired) electrons. The molecular formula is C28H30N2O3. The van der Waals surface area contributed by atoms with Crippen LogP contribution in [0, 0.1) is 0 Å². The molecule has 0 N–H and O–H groups in total. The molecule has 2 saturated heterocycles. The lowest BCUT2D eigenvalue weighted by Gasteiger charge is -2.33. The third kappa shape index (κ3) is 4.34. The van der Waals surface area contributed by atoms with Gasteiger partial charge in [0.25, 0.3) is 5.91 Å². The summed E-state index contributed by atoms with van der Waals surface area (Å²) in [6, 6.07) is 17.2. The van der Waals surface area contributed by atoms with E-state index in [9.17, 15) is 4.79 Å². The summed E-state index contributed by atoms with van der Waals surface area (Å²) >= 11 is 0. The van der Waals surface area contributed by atoms with Crippen LogP contribution in [0.5, 0.6) is 5.75 Å². The number of amides is 1. The van der Waals surface area contributed by atoms with Crippen LogP contribution in [0.15, 0.2) is 54.7 Å². The van der Waals surface area contributed by atoms with Gasteiger partial charge in [0.2, 0.25) is 0 Å². The van der Waals surface area contributed by atoms with Gasteiger partial charge in [0.15, 0.2) is 0 Å². The highest BCUT2D eigenvalue weighted by Crippen LogP contribution is 2.42. The Morgan fingerprint density at radius 2 is 1.73 bits per heavy atom. The van der Waals surface area contributed by atoms with Crippen molar-refractivity contribution < 1.29 is 14.3 Å². The number of nitrogens with zero attached hydrogens (tertiary/aromatic N) is 2. The number of rotatable bonds is 5. The van der Waals surface area contributed by atoms with Crippen LogP contribution in [-0.4, -0.2) is 47.7 Å². The van der Waals surface area contributed by atoms with Gasteiger partial charge in [-0.1, -0.05) is 24.3 Å². The Morgan fingerprint density at radius 3 is 2.45 bits per heavy atom. The molecule has 2 aliphatic heterocycles. The van der Waals surface area contributed by atoms with Gasteiger partial charge in [-0.2, -0.15) is 0 Å². The number of carbonyl (C=O) groups is 1. The molecule has 3 aliphatic rings. The largest absolute Gasteiger partial charge is 0.490 e. The smallest absolute Gasteiger partial charge is 0.251 e. The van der Waals surface area contributed by atoms with Crippen LogP contribution >= 0.6 is 0 Å². The summed E-state index contributed by atoms with van der Waals surface area (Å²) < 4.78 is 11.8. The number of pyridine rings is 1. The van der Waals surface area contributed by atoms with E-state index in [4.69, 9.17) is 9.47 Å². The van der Waals surface area contributed by atoms with E-state index in [2.05, 4.69) is 53.5 Å². The van der Waals surface area contributed by atoms with Gasteiger partial charge in [-0.05, 0) is 66.5 Å². The Kier molecular flexibility index (Phi) is 5.50. The van der Waals surface area contributed by atoms with E-state index in [1.807, 2.05) is 11.1 Å². The zero-order valence-corrected chi connectivity index (χ0v) is 18.9. The summed E-state index contributed by atoms with van der Waals surface area (Å²) in [7, 11) is 0. The van der Waals surface area contributed by atoms with Gasteiger partial charge >= 0.3 is 0 Å². The standard InChI is InChI=1S/C28H30N2O3/c31-28(26-2-1-17-32-26)30-15-12-24(13-16-30)33-23-8-5-19(6-9-23)21-7-10-25-22(18-21)11-14-29-27(25)20-3-4-20/h5-11,14,18,20,24,26H,1-4,12-13,15-17H2. The molecule has 170 valence electrons. The predicted octanol–water partition coefficient (Wildman–Crippen LogP) is 5.33. The third-order valence-corrected chi connectivity index (χ3v) is 7.21. The van der Waals surface area contributed by atoms with Crippen LogP contribution in [0.1, 0.15) is 50.1 Å². The maximum atomic E-state index is 12.5. The van der Waals surface area contributed by atoms with Gasteiger partial charge in [0, 0.05) is 50.0 Å². The second kappa shape index (κ2) is 8.79. The first-order valence-corrected chi connectivity index (χ1v) is 12.3. The van der Waals surface area contributed by atoms with Gasteiger partial charge < -0.3 is 14.4 Å². The second-order valence-electron chi connectivity index (χ2n) is 9.57. The van der Waals surface area contributed by atoms with Crippen LogP contribution in [0.2, 0.25) is 0 Å². The van der Waals surface area contributed by atoms with E-state index in [0.29, 0.717) is 12.5 Å². The summed E-state index contributed by atoms with van der Waals surface area (Å²) in [5.41, 5.74) is 3.65. The Morgan fingerprint density at radius 1 is 0.939 bits per heavy atom. The molecule has 3 aromatic rings. The normalized spacial score (nSPS) is 21.5. The number of hydrogen-bond donors (Lipinski definition) is 0. The van der Waals surface area contributed by atoms with Crippen LogP contribution in [0.4, 0.5) is 0 Å². The Labute approximate surface area is 194 Å². The Bertz CT molecular complexity index is 1140. The fourth-order valence-corrected chi connectivity index (χ4v) is 5.15. The lowest BCUT2D eigenvalue weighted by Crippen LogP contribution is -2.45. The topological polar surface area (TPSA) is 51.7 Å². The molecule has 3 heterocycles. The predicted molar refractivity (Wildman–Crippen MR) is 128 cm³/mol. The van der Waals surface area contributed by atoms with Crippen molar-refractivity contribution in [2.24, 2.45) is 0 Å². The zero-order chi connectivity index (χ0) is 22.2. The summed E-state index contributed by atoms with van der Waals surface area (Å²) in [5.74, 6) is 1.70. The second-order valence-corrected chi connectivity index (χ2v) is 9.57. The number of hydrogen-bond acceptors (Lipinski definition) is 4. The number of piperidine rings is 1. The van der Waals surface area contributed by atoms with Gasteiger partial charge in [0.05, 0.1) is 5.69 Å². The Balaban J connectivity index is 1.09. The van der Waals surface area contributed by atoms with Crippen LogP contribution in [0.25, 0.3) is 21.9 Å². The average molecular weight is 443 g/mol. The summed E-state index contributed by atoms with van der Waals surface area (Å²) in [5, 5.41) is 2.54. The van der Waals surface area contributed by atoms with Crippen molar-refractivity contribution in [3.8, 4) is 16.9 Å². The molecule has 0 bridgehead atoms. The van der Waals surface area contributed by atoms with Crippen molar-refractivity contribution in [1.82, 2.24) is 9.88 Å². The van der Waals surface area contributed by atoms with Crippen molar-refractivity contribution in [3.05, 3.63) is 60.4 Å². The van der Waals surface area contributed by atoms with Crippen LogP contribution < -0.4 is 4.74 Å². The average Bonchev–Trinajstić information content (AvgIpc) is 3.57. The van der Waals surface area contributed by atoms with Crippen molar-refractivity contribution >= 4 is 16.7 Å². The molecule has 33 heavy (non-hydrogen) atoms. The van der Waals surface area contributed by atoms with Crippen LogP contribution in [0.3, 0.4) is 0 Å². The third-order valence-electron chi connectivity index (χ3n) is 7.21. The molecule has 1 aromatic heterocycles. The molecular weight excluding hydrogens is 412 g/mol. The van der Waals surface area contributed by atoms with Gasteiger partial charge in [-0.3, -0.25) is 9.78 Å². The van der Waals surface area contributed by atoms with E-state index < -0.39 is 0 Å². The SMILES string of the molecule is O=C(C1CCCO1)N1CCC(Oc2ccc(-c3ccc4c(C5CC5)nccc4c3)cc2)CC1. The van der Waals surface area contributed by atoms with Crippen molar-refractivity contribution in [2.75, 3.05) is 19.7 Å². The summed E-state index contributed by atoms with van der Waals surface area (Å²) in [4.78, 5) is 19.1. The monoisotopic (exact) mass is 442 g/mol. The Hall–Kier alpha value is -2.92. The highest BCUT2D eigenvalue weighted by molar-refractivity contribution is 5.89. The maximum Gasteiger partial charge on any atom is 0.251 e. The zero-order valence-electron chi connectivity index (χ0n) is 18.9. The quantitative estimate of drug-likeness (QED) is 0.536. The lowest BCUT2D eigenvalue weighted by molar-refractivity contribution is -0.142. The summed E-state index contributed by atoms with van der Waals surface area (Å²) in [6.45, 7) is 2.20. The van der Waals surface area contributed by atoms with Gasteiger partial charge in [-0.15, -0.1) is 0 Å². The number of benzene rings is 2. The van der Waals surface area contributed by atoms with Crippen LogP contribution in [-0.2, 0) is 9.53 Å². The molecule has 1 atom stereocenters. The summed E-state index contributed by atoms with van der Waals surface area (Å²) in [6.07, 6.45) is 7.97. The highest BCUT2D eigenvalue weighted by Gasteiger charge is 2.31. The number of likely N-dealkylation sites (tertiary alicyclic amines) is 1. The van der Waals surface area contributed by atoms with E-state index in [0.717, 1.165) is 44.5 Å². The maximum absolute atomic E-state index is 12.5. The van der Waals surface area contributed by atoms with Crippen molar-refractivity contribution in [1.29, 1.82) is 0 Å². The number of fused-ring (bicyclic) bond motifs is 1. The molecule has 6 rings (SSSR count). The molecule has 5 nitrogen and oxygen atoms in total. The van der Waals surface area contributed by atoms with E-state index in [1.54, 1.807) is 0 Å².